The fourth-order valence-corrected chi connectivity index (χ4v) is 5.58. The molecular weight excluding hydrogens is 612 g/mol. The minimum atomic E-state index is -0.615. The number of halogens is 2. The monoisotopic (exact) mass is 627 g/mol. The Morgan fingerprint density at radius 3 is 2.27 bits per heavy atom. The van der Waals surface area contributed by atoms with E-state index in [4.69, 9.17) is 0 Å². The molecule has 0 bridgehead atoms. The van der Waals surface area contributed by atoms with Gasteiger partial charge >= 0.3 is 0 Å². The van der Waals surface area contributed by atoms with Crippen molar-refractivity contribution < 1.29 is 9.85 Å². The van der Waals surface area contributed by atoms with Crippen molar-refractivity contribution in [3.05, 3.63) is 102 Å². The summed E-state index contributed by atoms with van der Waals surface area (Å²) in [5.41, 5.74) is 2.97. The normalized spacial score (nSPS) is 18.0. The van der Waals surface area contributed by atoms with E-state index in [1.165, 1.54) is 17.7 Å². The van der Waals surface area contributed by atoms with Gasteiger partial charge in [-0.25, -0.2) is 0 Å². The average Bonchev–Trinajstić information content (AvgIpc) is 2.73. The van der Waals surface area contributed by atoms with Crippen LogP contribution < -0.4 is 4.90 Å². The number of hydrogen-bond donors (Lipinski definition) is 0. The van der Waals surface area contributed by atoms with Crippen molar-refractivity contribution in [1.29, 1.82) is 0 Å². The van der Waals surface area contributed by atoms with Crippen molar-refractivity contribution in [2.24, 2.45) is 0 Å². The molecule has 4 rings (SSSR count). The van der Waals surface area contributed by atoms with Gasteiger partial charge in [-0.05, 0) is 58.0 Å². The van der Waals surface area contributed by atoms with Crippen LogP contribution in [0.15, 0.2) is 66.7 Å². The van der Waals surface area contributed by atoms with E-state index in [-0.39, 0.29) is 21.2 Å². The Labute approximate surface area is 199 Å². The smallest absolute Gasteiger partial charge is 0.299 e. The molecule has 0 radical (unpaired) electrons. The topological polar surface area (TPSA) is 89.5 Å². The summed E-state index contributed by atoms with van der Waals surface area (Å²) in [5, 5.41) is 22.8. The van der Waals surface area contributed by atoms with Crippen molar-refractivity contribution in [2.45, 2.75) is 9.84 Å². The second-order valence-corrected chi connectivity index (χ2v) is 9.75. The maximum Gasteiger partial charge on any atom is 0.299 e. The van der Waals surface area contributed by atoms with Gasteiger partial charge in [0.2, 0.25) is 0 Å². The number of hydrogen-bond acceptors (Lipinski definition) is 5. The maximum absolute atomic E-state index is 11.7. The summed E-state index contributed by atoms with van der Waals surface area (Å²) in [6.07, 6.45) is 0. The fraction of sp³-hybridized carbons (Fsp3) is 0.143. The summed E-state index contributed by atoms with van der Waals surface area (Å²) in [7, 11) is 0. The highest BCUT2D eigenvalue weighted by Crippen LogP contribution is 2.47. The second kappa shape index (κ2) is 8.46. The molecule has 0 saturated heterocycles. The molecule has 3 aromatic carbocycles. The molecule has 0 spiro atoms. The molecule has 1 aliphatic rings. The number of benzene rings is 3. The predicted molar refractivity (Wildman–Crippen MR) is 132 cm³/mol. The molecule has 0 N–H and O–H groups in total. The van der Waals surface area contributed by atoms with Gasteiger partial charge in [-0.2, -0.15) is 0 Å². The lowest BCUT2D eigenvalue weighted by Crippen LogP contribution is -2.36. The van der Waals surface area contributed by atoms with E-state index in [1.54, 1.807) is 0 Å². The fourth-order valence-electron chi connectivity index (χ4n) is 3.87. The largest absolute Gasteiger partial charge is 0.335 e. The Bertz CT molecular complexity index is 1140. The molecule has 2 atom stereocenters. The Kier molecular flexibility index (Phi) is 5.91. The lowest BCUT2D eigenvalue weighted by Gasteiger charge is -2.39. The third kappa shape index (κ3) is 3.87. The van der Waals surface area contributed by atoms with Crippen LogP contribution in [0.25, 0.3) is 0 Å². The zero-order valence-corrected chi connectivity index (χ0v) is 19.8. The number of nitrogens with zero attached hydrogens (tertiary/aromatic N) is 3. The highest BCUT2D eigenvalue weighted by atomic mass is 127. The quantitative estimate of drug-likeness (QED) is 0.149. The predicted octanol–water partition coefficient (Wildman–Crippen LogP) is 6.19. The van der Waals surface area contributed by atoms with Crippen LogP contribution in [0.5, 0.6) is 0 Å². The number of alkyl halides is 1. The number of nitro groups is 2. The molecule has 0 aliphatic carbocycles. The Morgan fingerprint density at radius 2 is 1.60 bits per heavy atom. The molecule has 9 heteroatoms. The number of non-ortho nitro benzene ring substituents is 1. The molecule has 0 unspecified atom stereocenters. The van der Waals surface area contributed by atoms with Crippen LogP contribution in [-0.2, 0) is 0 Å². The van der Waals surface area contributed by atoms with Crippen LogP contribution in [0.4, 0.5) is 22.7 Å². The van der Waals surface area contributed by atoms with E-state index in [1.807, 2.05) is 35.2 Å². The van der Waals surface area contributed by atoms with Gasteiger partial charge in [-0.3, -0.25) is 20.2 Å². The summed E-state index contributed by atoms with van der Waals surface area (Å²) in [6.45, 7) is 0.548. The SMILES string of the molecule is O=[N+]([O-])c1ccc(N2C[C@@H](I)[C@H](c3ccccc3)c3cc(I)ccc32)c([N+](=O)[O-])c1. The van der Waals surface area contributed by atoms with Gasteiger partial charge in [0.15, 0.2) is 0 Å². The van der Waals surface area contributed by atoms with Gasteiger partial charge in [-0.1, -0.05) is 52.9 Å². The minimum absolute atomic E-state index is 0.143. The number of nitro benzene ring substituents is 2. The average molecular weight is 627 g/mol. The minimum Gasteiger partial charge on any atom is -0.335 e. The molecule has 3 aromatic rings. The first-order chi connectivity index (χ1) is 14.4. The summed E-state index contributed by atoms with van der Waals surface area (Å²) in [4.78, 5) is 23.6. The molecule has 1 heterocycles. The molecule has 0 aromatic heterocycles. The van der Waals surface area contributed by atoms with Crippen LogP contribution in [0.1, 0.15) is 17.0 Å². The van der Waals surface area contributed by atoms with Gasteiger partial charge in [0.25, 0.3) is 11.4 Å². The van der Waals surface area contributed by atoms with Gasteiger partial charge in [0.05, 0.1) is 15.9 Å². The molecular formula is C21H15I2N3O4. The van der Waals surface area contributed by atoms with Crippen molar-refractivity contribution in [3.63, 3.8) is 0 Å². The first kappa shape index (κ1) is 21.0. The Hall–Kier alpha value is -2.28. The summed E-state index contributed by atoms with van der Waals surface area (Å²) < 4.78 is 1.22. The molecule has 1 aliphatic heterocycles. The van der Waals surface area contributed by atoms with Gasteiger partial charge in [-0.15, -0.1) is 0 Å². The zero-order chi connectivity index (χ0) is 21.4. The van der Waals surface area contributed by atoms with Crippen LogP contribution in [0.3, 0.4) is 0 Å². The van der Waals surface area contributed by atoms with Crippen molar-refractivity contribution in [1.82, 2.24) is 0 Å². The molecule has 7 nitrogen and oxygen atoms in total. The lowest BCUT2D eigenvalue weighted by atomic mass is 9.84. The summed E-state index contributed by atoms with van der Waals surface area (Å²) in [5.74, 6) is 0.143. The van der Waals surface area contributed by atoms with Gasteiger partial charge < -0.3 is 4.90 Å². The van der Waals surface area contributed by atoms with Crippen LogP contribution >= 0.6 is 45.2 Å². The molecule has 0 amide bonds. The molecule has 152 valence electrons. The molecule has 0 fully saturated rings. The Morgan fingerprint density at radius 1 is 0.900 bits per heavy atom. The third-order valence-electron chi connectivity index (χ3n) is 5.15. The van der Waals surface area contributed by atoms with Gasteiger partial charge in [0, 0.05) is 31.7 Å². The van der Waals surface area contributed by atoms with E-state index in [0.717, 1.165) is 20.9 Å². The van der Waals surface area contributed by atoms with Crippen LogP contribution in [0, 0.1) is 23.8 Å². The molecule has 30 heavy (non-hydrogen) atoms. The standard InChI is InChI=1S/C21H15I2N3O4/c22-14-6-8-18-16(10-14)21(13-4-2-1-3-5-13)17(23)12-24(18)19-9-7-15(25(27)28)11-20(19)26(29)30/h1-11,17,21H,12H2/t17-,21-/m1/s1. The first-order valence-corrected chi connectivity index (χ1v) is 11.4. The van der Waals surface area contributed by atoms with E-state index in [9.17, 15) is 20.2 Å². The highest BCUT2D eigenvalue weighted by molar-refractivity contribution is 14.1. The van der Waals surface area contributed by atoms with Crippen LogP contribution in [0.2, 0.25) is 0 Å². The van der Waals surface area contributed by atoms with Crippen LogP contribution in [-0.4, -0.2) is 20.3 Å². The summed E-state index contributed by atoms with van der Waals surface area (Å²) >= 11 is 4.67. The number of rotatable bonds is 4. The second-order valence-electron chi connectivity index (χ2n) is 6.91. The third-order valence-corrected chi connectivity index (χ3v) is 6.93. The highest BCUT2D eigenvalue weighted by Gasteiger charge is 2.36. The summed E-state index contributed by atoms with van der Waals surface area (Å²) in [6, 6.07) is 20.1. The van der Waals surface area contributed by atoms with E-state index < -0.39 is 9.85 Å². The maximum atomic E-state index is 11.7. The number of anilines is 2. The Balaban J connectivity index is 1.89. The van der Waals surface area contributed by atoms with E-state index in [2.05, 4.69) is 63.4 Å². The van der Waals surface area contributed by atoms with Crippen molar-refractivity contribution in [2.75, 3.05) is 11.4 Å². The number of fused-ring (bicyclic) bond motifs is 1. The van der Waals surface area contributed by atoms with E-state index >= 15 is 0 Å². The lowest BCUT2D eigenvalue weighted by molar-refractivity contribution is -0.393. The van der Waals surface area contributed by atoms with E-state index in [0.29, 0.717) is 12.2 Å². The van der Waals surface area contributed by atoms with Gasteiger partial charge in [0.1, 0.15) is 5.69 Å². The van der Waals surface area contributed by atoms with Crippen molar-refractivity contribution in [3.8, 4) is 0 Å². The van der Waals surface area contributed by atoms with Crippen molar-refractivity contribution >= 4 is 67.9 Å². The zero-order valence-electron chi connectivity index (χ0n) is 15.4. The molecule has 0 saturated carbocycles. The first-order valence-electron chi connectivity index (χ1n) is 9.05.